The molecule has 0 spiro atoms. The molecule has 1 fully saturated rings. The van der Waals surface area contributed by atoms with Crippen molar-refractivity contribution in [3.63, 3.8) is 0 Å². The Bertz CT molecular complexity index is 781. The molecule has 0 unspecified atom stereocenters. The first-order chi connectivity index (χ1) is 14.6. The number of hydrogen-bond donors (Lipinski definition) is 4. The van der Waals surface area contributed by atoms with Gasteiger partial charge in [0, 0.05) is 37.0 Å². The third-order valence-electron chi connectivity index (χ3n) is 4.43. The first-order valence-electron chi connectivity index (χ1n) is 10.0. The standard InChI is InChI=1S/C19H22N2O2.C2H6.CH5N3O/c1-14-5-3-6-18(20-2)17(14)13-23-16-10-8-15(9-11-16)21-12-4-7-19(21)22;1-2;2-4-3-1-5/h3,5-6,8-11,20H,4,7,12-13H2,1-2H3;1-2H3;1,4H,2H2,(H,3,5). The zero-order valence-electron chi connectivity index (χ0n) is 18.2. The average Bonchev–Trinajstić information content (AvgIpc) is 3.21. The molecule has 0 aromatic heterocycles. The number of ether oxygens (including phenoxy) is 1. The maximum Gasteiger partial charge on any atom is 0.227 e. The second kappa shape index (κ2) is 14.0. The molecular formula is C22H33N5O3. The van der Waals surface area contributed by atoms with Crippen LogP contribution < -0.4 is 31.8 Å². The number of hydrogen-bond acceptors (Lipinski definition) is 6. The number of carbonyl (C=O) groups excluding carboxylic acids is 2. The van der Waals surface area contributed by atoms with Crippen molar-refractivity contribution < 1.29 is 14.3 Å². The van der Waals surface area contributed by atoms with Crippen LogP contribution in [-0.4, -0.2) is 25.9 Å². The summed E-state index contributed by atoms with van der Waals surface area (Å²) >= 11 is 0. The lowest BCUT2D eigenvalue weighted by Crippen LogP contribution is -2.36. The Kier molecular flexibility index (Phi) is 11.6. The van der Waals surface area contributed by atoms with Crippen molar-refractivity contribution in [1.82, 2.24) is 11.0 Å². The second-order valence-corrected chi connectivity index (χ2v) is 6.19. The smallest absolute Gasteiger partial charge is 0.227 e. The van der Waals surface area contributed by atoms with E-state index in [0.717, 1.165) is 35.7 Å². The van der Waals surface area contributed by atoms with Gasteiger partial charge in [-0.05, 0) is 49.2 Å². The van der Waals surface area contributed by atoms with Gasteiger partial charge in [0.25, 0.3) is 0 Å². The third-order valence-corrected chi connectivity index (χ3v) is 4.43. The molecule has 1 aliphatic heterocycles. The monoisotopic (exact) mass is 415 g/mol. The lowest BCUT2D eigenvalue weighted by atomic mass is 10.1. The van der Waals surface area contributed by atoms with E-state index in [0.29, 0.717) is 19.4 Å². The number of nitrogens with zero attached hydrogens (tertiary/aromatic N) is 1. The van der Waals surface area contributed by atoms with E-state index in [1.165, 1.54) is 5.56 Å². The first-order valence-corrected chi connectivity index (χ1v) is 10.0. The van der Waals surface area contributed by atoms with Crippen LogP contribution in [-0.2, 0) is 16.2 Å². The first kappa shape index (κ1) is 24.9. The summed E-state index contributed by atoms with van der Waals surface area (Å²) in [4.78, 5) is 22.8. The van der Waals surface area contributed by atoms with Gasteiger partial charge in [-0.1, -0.05) is 26.0 Å². The molecule has 5 N–H and O–H groups in total. The maximum atomic E-state index is 11.8. The minimum absolute atomic E-state index is 0.206. The zero-order chi connectivity index (χ0) is 22.4. The Morgan fingerprint density at radius 3 is 2.37 bits per heavy atom. The average molecular weight is 416 g/mol. The van der Waals surface area contributed by atoms with E-state index < -0.39 is 0 Å². The van der Waals surface area contributed by atoms with E-state index in [2.05, 4.69) is 24.1 Å². The van der Waals surface area contributed by atoms with Gasteiger partial charge in [-0.2, -0.15) is 5.53 Å². The summed E-state index contributed by atoms with van der Waals surface area (Å²) < 4.78 is 5.92. The van der Waals surface area contributed by atoms with Crippen LogP contribution >= 0.6 is 0 Å². The molecule has 1 saturated heterocycles. The number of amides is 2. The lowest BCUT2D eigenvalue weighted by molar-refractivity contribution is -0.117. The molecular weight excluding hydrogens is 382 g/mol. The molecule has 0 radical (unpaired) electrons. The Balaban J connectivity index is 0.000000565. The van der Waals surface area contributed by atoms with Gasteiger partial charge in [-0.3, -0.25) is 20.9 Å². The predicted octanol–water partition coefficient (Wildman–Crippen LogP) is 2.88. The molecule has 0 saturated carbocycles. The molecule has 0 atom stereocenters. The summed E-state index contributed by atoms with van der Waals surface area (Å²) in [5.74, 6) is 5.56. The molecule has 8 heteroatoms. The summed E-state index contributed by atoms with van der Waals surface area (Å²) in [7, 11) is 1.92. The highest BCUT2D eigenvalue weighted by Gasteiger charge is 2.21. The summed E-state index contributed by atoms with van der Waals surface area (Å²) in [6, 6.07) is 13.9. The van der Waals surface area contributed by atoms with Gasteiger partial charge >= 0.3 is 0 Å². The molecule has 1 aliphatic rings. The van der Waals surface area contributed by atoms with Crippen molar-refractivity contribution >= 4 is 23.7 Å². The van der Waals surface area contributed by atoms with Gasteiger partial charge < -0.3 is 15.0 Å². The number of nitrogens with one attached hydrogen (secondary N) is 3. The zero-order valence-corrected chi connectivity index (χ0v) is 18.2. The van der Waals surface area contributed by atoms with Gasteiger partial charge in [0.15, 0.2) is 0 Å². The topological polar surface area (TPSA) is 109 Å². The van der Waals surface area contributed by atoms with Crippen molar-refractivity contribution in [3.05, 3.63) is 53.6 Å². The molecule has 3 rings (SSSR count). The molecule has 164 valence electrons. The van der Waals surface area contributed by atoms with Crippen molar-refractivity contribution in [2.45, 2.75) is 40.2 Å². The lowest BCUT2D eigenvalue weighted by Gasteiger charge is -2.17. The molecule has 30 heavy (non-hydrogen) atoms. The van der Waals surface area contributed by atoms with Crippen LogP contribution in [0.1, 0.15) is 37.8 Å². The minimum Gasteiger partial charge on any atom is -0.489 e. The van der Waals surface area contributed by atoms with Gasteiger partial charge in [0.2, 0.25) is 12.3 Å². The Morgan fingerprint density at radius 1 is 1.17 bits per heavy atom. The summed E-state index contributed by atoms with van der Waals surface area (Å²) in [5, 5.41) is 3.20. The van der Waals surface area contributed by atoms with E-state index in [4.69, 9.17) is 9.53 Å². The molecule has 8 nitrogen and oxygen atoms in total. The van der Waals surface area contributed by atoms with Crippen LogP contribution in [0.15, 0.2) is 42.5 Å². The predicted molar refractivity (Wildman–Crippen MR) is 121 cm³/mol. The Hall–Kier alpha value is -3.10. The van der Waals surface area contributed by atoms with Crippen LogP contribution in [0.2, 0.25) is 0 Å². The number of nitrogens with two attached hydrogens (primary N) is 1. The Morgan fingerprint density at radius 2 is 1.87 bits per heavy atom. The second-order valence-electron chi connectivity index (χ2n) is 6.19. The van der Waals surface area contributed by atoms with Crippen LogP contribution in [0.25, 0.3) is 0 Å². The van der Waals surface area contributed by atoms with Gasteiger partial charge in [-0.15, -0.1) is 0 Å². The molecule has 2 aromatic carbocycles. The highest BCUT2D eigenvalue weighted by molar-refractivity contribution is 5.95. The summed E-state index contributed by atoms with van der Waals surface area (Å²) in [6.07, 6.45) is 2.04. The van der Waals surface area contributed by atoms with Crippen molar-refractivity contribution in [2.24, 2.45) is 5.84 Å². The molecule has 1 heterocycles. The van der Waals surface area contributed by atoms with Gasteiger partial charge in [0.1, 0.15) is 12.4 Å². The highest BCUT2D eigenvalue weighted by atomic mass is 16.5. The van der Waals surface area contributed by atoms with Gasteiger partial charge in [-0.25, -0.2) is 0 Å². The quantitative estimate of drug-likeness (QED) is 0.315. The molecule has 0 bridgehead atoms. The van der Waals surface area contributed by atoms with Gasteiger partial charge in [0.05, 0.1) is 0 Å². The van der Waals surface area contributed by atoms with Crippen LogP contribution in [0.4, 0.5) is 11.4 Å². The number of anilines is 2. The van der Waals surface area contributed by atoms with Crippen molar-refractivity contribution in [1.29, 1.82) is 0 Å². The molecule has 2 amide bonds. The summed E-state index contributed by atoms with van der Waals surface area (Å²) in [5.41, 5.74) is 8.26. The minimum atomic E-state index is 0.206. The van der Waals surface area contributed by atoms with Crippen molar-refractivity contribution in [3.8, 4) is 5.75 Å². The summed E-state index contributed by atoms with van der Waals surface area (Å²) in [6.45, 7) is 7.42. The fourth-order valence-corrected chi connectivity index (χ4v) is 2.96. The number of benzene rings is 2. The third kappa shape index (κ3) is 7.38. The largest absolute Gasteiger partial charge is 0.489 e. The van der Waals surface area contributed by atoms with E-state index in [9.17, 15) is 4.79 Å². The number of carbonyl (C=O) groups is 2. The molecule has 0 aliphatic carbocycles. The SMILES string of the molecule is CC.CNc1cccc(C)c1COc1ccc(N2CCCC2=O)cc1.NNNC=O. The number of hydrazine groups is 2. The Labute approximate surface area is 178 Å². The maximum absolute atomic E-state index is 11.8. The number of aryl methyl sites for hydroxylation is 1. The van der Waals surface area contributed by atoms with Crippen molar-refractivity contribution in [2.75, 3.05) is 23.8 Å². The van der Waals surface area contributed by atoms with Crippen LogP contribution in [0, 0.1) is 6.92 Å². The normalized spacial score (nSPS) is 12.2. The van der Waals surface area contributed by atoms with Crippen LogP contribution in [0.5, 0.6) is 5.75 Å². The highest BCUT2D eigenvalue weighted by Crippen LogP contribution is 2.25. The van der Waals surface area contributed by atoms with E-state index in [1.54, 1.807) is 0 Å². The van der Waals surface area contributed by atoms with Crippen LogP contribution in [0.3, 0.4) is 0 Å². The fraction of sp³-hybridized carbons (Fsp3) is 0.364. The fourth-order valence-electron chi connectivity index (χ4n) is 2.96. The van der Waals surface area contributed by atoms with E-state index >= 15 is 0 Å². The molecule has 2 aromatic rings. The van der Waals surface area contributed by atoms with E-state index in [-0.39, 0.29) is 5.91 Å². The van der Waals surface area contributed by atoms with E-state index in [1.807, 2.05) is 73.2 Å². The number of rotatable bonds is 7.